The van der Waals surface area contributed by atoms with Gasteiger partial charge in [-0.1, -0.05) is 0 Å². The number of nitrogens with one attached hydrogen (secondary N) is 2. The predicted molar refractivity (Wildman–Crippen MR) is 69.0 cm³/mol. The molecule has 0 bridgehead atoms. The van der Waals surface area contributed by atoms with Crippen LogP contribution in [0.2, 0.25) is 0 Å². The van der Waals surface area contributed by atoms with Crippen LogP contribution in [0.1, 0.15) is 32.6 Å². The SMILES string of the molecule is CC(=O)N1CCC(NC(=O)CC2CCNC2)CC1. The molecular formula is C13H23N3O2. The van der Waals surface area contributed by atoms with Gasteiger partial charge in [0, 0.05) is 32.5 Å². The number of amides is 2. The summed E-state index contributed by atoms with van der Waals surface area (Å²) in [4.78, 5) is 24.9. The van der Waals surface area contributed by atoms with Crippen molar-refractivity contribution in [3.05, 3.63) is 0 Å². The molecule has 2 fully saturated rings. The highest BCUT2D eigenvalue weighted by Crippen LogP contribution is 2.14. The lowest BCUT2D eigenvalue weighted by Crippen LogP contribution is -2.46. The second-order valence-electron chi connectivity index (χ2n) is 5.41. The van der Waals surface area contributed by atoms with Crippen LogP contribution in [-0.4, -0.2) is 48.9 Å². The fourth-order valence-corrected chi connectivity index (χ4v) is 2.78. The minimum Gasteiger partial charge on any atom is -0.353 e. The molecule has 2 aliphatic rings. The summed E-state index contributed by atoms with van der Waals surface area (Å²) in [5.74, 6) is 0.809. The van der Waals surface area contributed by atoms with Gasteiger partial charge >= 0.3 is 0 Å². The Morgan fingerprint density at radius 1 is 1.28 bits per heavy atom. The van der Waals surface area contributed by atoms with E-state index in [2.05, 4.69) is 10.6 Å². The number of hydrogen-bond acceptors (Lipinski definition) is 3. The lowest BCUT2D eigenvalue weighted by Gasteiger charge is -2.31. The van der Waals surface area contributed by atoms with Crippen LogP contribution in [0.4, 0.5) is 0 Å². The zero-order valence-electron chi connectivity index (χ0n) is 11.1. The Morgan fingerprint density at radius 3 is 2.56 bits per heavy atom. The van der Waals surface area contributed by atoms with E-state index >= 15 is 0 Å². The van der Waals surface area contributed by atoms with Crippen molar-refractivity contribution in [2.75, 3.05) is 26.2 Å². The van der Waals surface area contributed by atoms with Crippen LogP contribution in [0, 0.1) is 5.92 Å². The molecule has 0 aliphatic carbocycles. The van der Waals surface area contributed by atoms with Crippen LogP contribution in [0.3, 0.4) is 0 Å². The first-order valence-corrected chi connectivity index (χ1v) is 6.90. The van der Waals surface area contributed by atoms with E-state index in [0.717, 1.165) is 45.4 Å². The third-order valence-corrected chi connectivity index (χ3v) is 3.94. The van der Waals surface area contributed by atoms with Gasteiger partial charge in [-0.3, -0.25) is 9.59 Å². The highest BCUT2D eigenvalue weighted by atomic mass is 16.2. The first kappa shape index (κ1) is 13.3. The maximum absolute atomic E-state index is 11.9. The summed E-state index contributed by atoms with van der Waals surface area (Å²) in [7, 11) is 0. The van der Waals surface area contributed by atoms with E-state index in [0.29, 0.717) is 12.3 Å². The lowest BCUT2D eigenvalue weighted by molar-refractivity contribution is -0.130. The van der Waals surface area contributed by atoms with E-state index < -0.39 is 0 Å². The molecule has 0 saturated carbocycles. The molecular weight excluding hydrogens is 230 g/mol. The molecule has 5 heteroatoms. The van der Waals surface area contributed by atoms with Crippen LogP contribution >= 0.6 is 0 Å². The Labute approximate surface area is 108 Å². The maximum Gasteiger partial charge on any atom is 0.220 e. The van der Waals surface area contributed by atoms with Crippen molar-refractivity contribution in [1.29, 1.82) is 0 Å². The average molecular weight is 253 g/mol. The second kappa shape index (κ2) is 6.18. The molecule has 0 radical (unpaired) electrons. The fourth-order valence-electron chi connectivity index (χ4n) is 2.78. The standard InChI is InChI=1S/C13H23N3O2/c1-10(17)16-6-3-12(4-7-16)15-13(18)8-11-2-5-14-9-11/h11-12,14H,2-9H2,1H3,(H,15,18). The molecule has 2 aliphatic heterocycles. The number of hydrogen-bond donors (Lipinski definition) is 2. The van der Waals surface area contributed by atoms with Gasteiger partial charge in [0.25, 0.3) is 0 Å². The number of rotatable bonds is 3. The number of carbonyl (C=O) groups excluding carboxylic acids is 2. The third kappa shape index (κ3) is 3.70. The van der Waals surface area contributed by atoms with Crippen LogP contribution in [0.5, 0.6) is 0 Å². The van der Waals surface area contributed by atoms with Crippen molar-refractivity contribution in [2.45, 2.75) is 38.6 Å². The van der Waals surface area contributed by atoms with Crippen molar-refractivity contribution in [3.63, 3.8) is 0 Å². The molecule has 2 N–H and O–H groups in total. The number of likely N-dealkylation sites (tertiary alicyclic amines) is 1. The maximum atomic E-state index is 11.9. The van der Waals surface area contributed by atoms with Gasteiger partial charge in [0.1, 0.15) is 0 Å². The lowest BCUT2D eigenvalue weighted by atomic mass is 10.0. The largest absolute Gasteiger partial charge is 0.353 e. The summed E-state index contributed by atoms with van der Waals surface area (Å²) >= 11 is 0. The summed E-state index contributed by atoms with van der Waals surface area (Å²) in [6.07, 6.45) is 3.51. The van der Waals surface area contributed by atoms with Crippen molar-refractivity contribution in [2.24, 2.45) is 5.92 Å². The molecule has 18 heavy (non-hydrogen) atoms. The normalized spacial score (nSPS) is 25.2. The van der Waals surface area contributed by atoms with Gasteiger partial charge in [0.05, 0.1) is 0 Å². The van der Waals surface area contributed by atoms with Crippen molar-refractivity contribution in [1.82, 2.24) is 15.5 Å². The Morgan fingerprint density at radius 2 is 2.00 bits per heavy atom. The topological polar surface area (TPSA) is 61.4 Å². The van der Waals surface area contributed by atoms with E-state index in [9.17, 15) is 9.59 Å². The predicted octanol–water partition coefficient (Wildman–Crippen LogP) is 0.113. The first-order valence-electron chi connectivity index (χ1n) is 6.90. The van der Waals surface area contributed by atoms with Crippen LogP contribution < -0.4 is 10.6 Å². The van der Waals surface area contributed by atoms with E-state index in [1.54, 1.807) is 6.92 Å². The van der Waals surface area contributed by atoms with Crippen LogP contribution in [-0.2, 0) is 9.59 Å². The van der Waals surface area contributed by atoms with Gasteiger partial charge in [0.15, 0.2) is 0 Å². The van der Waals surface area contributed by atoms with Crippen molar-refractivity contribution < 1.29 is 9.59 Å². The van der Waals surface area contributed by atoms with E-state index in [4.69, 9.17) is 0 Å². The molecule has 102 valence electrons. The number of carbonyl (C=O) groups is 2. The average Bonchev–Trinajstić information content (AvgIpc) is 2.82. The monoisotopic (exact) mass is 253 g/mol. The Balaban J connectivity index is 1.67. The van der Waals surface area contributed by atoms with Crippen LogP contribution in [0.15, 0.2) is 0 Å². The Kier molecular flexibility index (Phi) is 4.58. The van der Waals surface area contributed by atoms with Crippen molar-refractivity contribution >= 4 is 11.8 Å². The third-order valence-electron chi connectivity index (χ3n) is 3.94. The fraction of sp³-hybridized carbons (Fsp3) is 0.846. The first-order chi connectivity index (χ1) is 8.65. The molecule has 5 nitrogen and oxygen atoms in total. The van der Waals surface area contributed by atoms with E-state index in [1.807, 2.05) is 4.90 Å². The molecule has 0 spiro atoms. The highest BCUT2D eigenvalue weighted by molar-refractivity contribution is 5.76. The van der Waals surface area contributed by atoms with Gasteiger partial charge in [-0.2, -0.15) is 0 Å². The molecule has 0 aromatic heterocycles. The number of nitrogens with zero attached hydrogens (tertiary/aromatic N) is 1. The zero-order valence-corrected chi connectivity index (χ0v) is 11.1. The molecule has 2 saturated heterocycles. The van der Waals surface area contributed by atoms with E-state index in [-0.39, 0.29) is 17.9 Å². The summed E-state index contributed by atoms with van der Waals surface area (Å²) < 4.78 is 0. The van der Waals surface area contributed by atoms with Crippen molar-refractivity contribution in [3.8, 4) is 0 Å². The highest BCUT2D eigenvalue weighted by Gasteiger charge is 2.23. The Hall–Kier alpha value is -1.10. The van der Waals surface area contributed by atoms with Gasteiger partial charge in [0.2, 0.25) is 11.8 Å². The van der Waals surface area contributed by atoms with Gasteiger partial charge in [-0.05, 0) is 38.3 Å². The summed E-state index contributed by atoms with van der Waals surface area (Å²) in [6, 6.07) is 0.252. The quantitative estimate of drug-likeness (QED) is 0.750. The molecule has 2 rings (SSSR count). The van der Waals surface area contributed by atoms with Gasteiger partial charge < -0.3 is 15.5 Å². The molecule has 2 heterocycles. The van der Waals surface area contributed by atoms with Gasteiger partial charge in [-0.25, -0.2) is 0 Å². The number of piperidine rings is 1. The molecule has 2 amide bonds. The summed E-state index contributed by atoms with van der Waals surface area (Å²) in [5, 5.41) is 6.38. The summed E-state index contributed by atoms with van der Waals surface area (Å²) in [5.41, 5.74) is 0. The smallest absolute Gasteiger partial charge is 0.220 e. The molecule has 0 aromatic carbocycles. The summed E-state index contributed by atoms with van der Waals surface area (Å²) in [6.45, 7) is 5.15. The Bertz CT molecular complexity index is 305. The molecule has 1 atom stereocenters. The second-order valence-corrected chi connectivity index (χ2v) is 5.41. The van der Waals surface area contributed by atoms with E-state index in [1.165, 1.54) is 0 Å². The van der Waals surface area contributed by atoms with Crippen LogP contribution in [0.25, 0.3) is 0 Å². The minimum atomic E-state index is 0.136. The van der Waals surface area contributed by atoms with Gasteiger partial charge in [-0.15, -0.1) is 0 Å². The zero-order chi connectivity index (χ0) is 13.0. The molecule has 0 aromatic rings. The molecule has 1 unspecified atom stereocenters. The minimum absolute atomic E-state index is 0.136.